The fourth-order valence-corrected chi connectivity index (χ4v) is 7.34. The van der Waals surface area contributed by atoms with Crippen LogP contribution in [0.5, 0.6) is 0 Å². The number of fused-ring (bicyclic) bond motifs is 3. The lowest BCUT2D eigenvalue weighted by atomic mass is 9.73. The quantitative estimate of drug-likeness (QED) is 0.393. The number of aromatic nitrogens is 3. The number of allylic oxidation sites excluding steroid dienone is 1. The van der Waals surface area contributed by atoms with Gasteiger partial charge in [-0.25, -0.2) is 4.68 Å². The van der Waals surface area contributed by atoms with Gasteiger partial charge in [0.2, 0.25) is 5.91 Å². The molecule has 1 aromatic heterocycles. The van der Waals surface area contributed by atoms with E-state index < -0.39 is 41.1 Å². The zero-order valence-electron chi connectivity index (χ0n) is 24.4. The summed E-state index contributed by atoms with van der Waals surface area (Å²) in [5.41, 5.74) is -1.04. The number of rotatable bonds is 7. The van der Waals surface area contributed by atoms with E-state index in [-0.39, 0.29) is 44.2 Å². The second-order valence-electron chi connectivity index (χ2n) is 11.9. The van der Waals surface area contributed by atoms with Crippen molar-refractivity contribution >= 4 is 28.8 Å². The number of likely N-dealkylation sites (tertiary alicyclic amines) is 1. The van der Waals surface area contributed by atoms with Crippen LogP contribution in [0.15, 0.2) is 48.6 Å². The van der Waals surface area contributed by atoms with Crippen LogP contribution in [0.3, 0.4) is 0 Å². The normalized spacial score (nSPS) is 33.2. The van der Waals surface area contributed by atoms with Gasteiger partial charge in [0.15, 0.2) is 0 Å². The molecule has 11 nitrogen and oxygen atoms in total. The number of carbonyl (C=O) groups is 3. The molecular weight excluding hydrogens is 538 g/mol. The van der Waals surface area contributed by atoms with E-state index in [0.717, 1.165) is 5.52 Å². The Bertz CT molecular complexity index is 1440. The summed E-state index contributed by atoms with van der Waals surface area (Å²) in [6.07, 6.45) is 10.1. The van der Waals surface area contributed by atoms with E-state index in [1.54, 1.807) is 9.58 Å². The molecule has 4 aliphatic rings. The number of hydrogen-bond donors (Lipinski definition) is 1. The summed E-state index contributed by atoms with van der Waals surface area (Å²) in [5, 5.41) is 19.1. The number of ether oxygens (including phenoxy) is 2. The summed E-state index contributed by atoms with van der Waals surface area (Å²) >= 11 is 0. The highest BCUT2D eigenvalue weighted by Crippen LogP contribution is 2.58. The van der Waals surface area contributed by atoms with Gasteiger partial charge >= 0.3 is 5.97 Å². The van der Waals surface area contributed by atoms with Crippen molar-refractivity contribution in [2.45, 2.75) is 76.4 Å². The van der Waals surface area contributed by atoms with Crippen LogP contribution in [0.1, 0.15) is 46.5 Å². The molecule has 1 aromatic carbocycles. The Balaban J connectivity index is 1.48. The number of para-hydroxylation sites is 1. The third-order valence-electron chi connectivity index (χ3n) is 9.72. The molecule has 42 heavy (non-hydrogen) atoms. The SMILES string of the molecule is CC[C@H](C)[C@H](CO)N1C(=O)[C@@H]2[C@@H]3C(=O)OCCC/C=C\[C@]3(CC)O[C@@]23C=CCN(Cn2nnc4ccccc42)C(=O)C13. The van der Waals surface area contributed by atoms with Crippen molar-refractivity contribution in [3.8, 4) is 0 Å². The number of benzene rings is 1. The third-order valence-corrected chi connectivity index (χ3v) is 9.72. The maximum atomic E-state index is 14.7. The van der Waals surface area contributed by atoms with Gasteiger partial charge in [-0.05, 0) is 37.3 Å². The predicted molar refractivity (Wildman–Crippen MR) is 152 cm³/mol. The van der Waals surface area contributed by atoms with Gasteiger partial charge in [0.05, 0.1) is 30.7 Å². The molecule has 7 atom stereocenters. The summed E-state index contributed by atoms with van der Waals surface area (Å²) in [6.45, 7) is 6.16. The van der Waals surface area contributed by atoms with E-state index in [0.29, 0.717) is 31.2 Å². The van der Waals surface area contributed by atoms with E-state index in [2.05, 4.69) is 10.3 Å². The second kappa shape index (κ2) is 10.9. The van der Waals surface area contributed by atoms with Crippen LogP contribution < -0.4 is 0 Å². The highest BCUT2D eigenvalue weighted by Gasteiger charge is 2.76. The van der Waals surface area contributed by atoms with Crippen molar-refractivity contribution in [2.24, 2.45) is 17.8 Å². The van der Waals surface area contributed by atoms with Crippen molar-refractivity contribution in [3.05, 3.63) is 48.6 Å². The maximum Gasteiger partial charge on any atom is 0.313 e. The lowest BCUT2D eigenvalue weighted by molar-refractivity contribution is -0.164. The molecule has 0 aliphatic carbocycles. The first-order valence-corrected chi connectivity index (χ1v) is 15.0. The molecule has 1 spiro atoms. The molecule has 2 saturated heterocycles. The Morgan fingerprint density at radius 2 is 1.90 bits per heavy atom. The molecule has 2 amide bonds. The van der Waals surface area contributed by atoms with Crippen molar-refractivity contribution in [2.75, 3.05) is 19.8 Å². The van der Waals surface area contributed by atoms with Crippen LogP contribution >= 0.6 is 0 Å². The van der Waals surface area contributed by atoms with Gasteiger partial charge < -0.3 is 24.4 Å². The molecule has 11 heteroatoms. The van der Waals surface area contributed by atoms with Gasteiger partial charge in [-0.1, -0.05) is 68.8 Å². The van der Waals surface area contributed by atoms with Crippen molar-refractivity contribution in [3.63, 3.8) is 0 Å². The van der Waals surface area contributed by atoms with E-state index in [4.69, 9.17) is 9.47 Å². The number of hydrogen-bond acceptors (Lipinski definition) is 8. The van der Waals surface area contributed by atoms with Crippen LogP contribution in [-0.4, -0.2) is 90.7 Å². The largest absolute Gasteiger partial charge is 0.465 e. The topological polar surface area (TPSA) is 127 Å². The monoisotopic (exact) mass is 577 g/mol. The van der Waals surface area contributed by atoms with E-state index >= 15 is 0 Å². The summed E-state index contributed by atoms with van der Waals surface area (Å²) in [7, 11) is 0. The van der Waals surface area contributed by atoms with Crippen molar-refractivity contribution in [1.82, 2.24) is 24.8 Å². The molecule has 0 saturated carbocycles. The van der Waals surface area contributed by atoms with Crippen LogP contribution in [0.2, 0.25) is 0 Å². The molecular formula is C31H39N5O6. The number of aliphatic hydroxyl groups is 1. The zero-order valence-corrected chi connectivity index (χ0v) is 24.4. The van der Waals surface area contributed by atoms with Gasteiger partial charge in [-0.3, -0.25) is 14.4 Å². The fourth-order valence-electron chi connectivity index (χ4n) is 7.34. The van der Waals surface area contributed by atoms with Gasteiger partial charge in [0.1, 0.15) is 35.3 Å². The van der Waals surface area contributed by atoms with E-state index in [1.807, 2.05) is 69.3 Å². The number of carbonyl (C=O) groups excluding carboxylic acids is 3. The summed E-state index contributed by atoms with van der Waals surface area (Å²) in [5.74, 6) is -3.20. The highest BCUT2D eigenvalue weighted by molar-refractivity contribution is 5.99. The van der Waals surface area contributed by atoms with Crippen LogP contribution in [0.25, 0.3) is 11.0 Å². The molecule has 4 aliphatic heterocycles. The van der Waals surface area contributed by atoms with E-state index in [9.17, 15) is 19.5 Å². The Labute approximate surface area is 245 Å². The summed E-state index contributed by atoms with van der Waals surface area (Å²) in [4.78, 5) is 46.2. The number of aliphatic hydroxyl groups excluding tert-OH is 1. The molecule has 1 unspecified atom stereocenters. The van der Waals surface area contributed by atoms with Crippen LogP contribution in [-0.2, 0) is 30.5 Å². The Morgan fingerprint density at radius 3 is 2.67 bits per heavy atom. The standard InChI is InChI=1S/C31H39N5O6/c1-4-20(3)23(18-37)36-26-28(39)34(19-35-22-13-8-7-12-21(22)32-33-35)16-11-15-31(26)24(27(36)38)25-29(40)41-17-10-6-9-14-30(25,5-2)42-31/h7-9,11-15,20,23-26,37H,4-6,10,16-19H2,1-3H3/b14-9-/t20-,23-,24-,25+,26?,30-,31-/m0/s1. The van der Waals surface area contributed by atoms with Gasteiger partial charge in [-0.15, -0.1) is 5.10 Å². The second-order valence-corrected chi connectivity index (χ2v) is 11.9. The highest BCUT2D eigenvalue weighted by atomic mass is 16.6. The first-order valence-electron chi connectivity index (χ1n) is 15.0. The molecule has 6 rings (SSSR count). The minimum absolute atomic E-state index is 0.106. The molecule has 2 aromatic rings. The predicted octanol–water partition coefficient (Wildman–Crippen LogP) is 2.45. The first-order chi connectivity index (χ1) is 20.3. The Kier molecular flexibility index (Phi) is 7.43. The number of cyclic esters (lactones) is 1. The molecule has 0 radical (unpaired) electrons. The molecule has 0 bridgehead atoms. The third kappa shape index (κ3) is 4.19. The van der Waals surface area contributed by atoms with Gasteiger partial charge in [0.25, 0.3) is 5.91 Å². The molecule has 2 fully saturated rings. The summed E-state index contributed by atoms with van der Waals surface area (Å²) in [6, 6.07) is 5.79. The fraction of sp³-hybridized carbons (Fsp3) is 0.581. The average molecular weight is 578 g/mol. The van der Waals surface area contributed by atoms with Gasteiger partial charge in [0, 0.05) is 6.54 Å². The summed E-state index contributed by atoms with van der Waals surface area (Å²) < 4.78 is 14.4. The minimum atomic E-state index is -1.42. The van der Waals surface area contributed by atoms with Crippen molar-refractivity contribution in [1.29, 1.82) is 0 Å². The Morgan fingerprint density at radius 1 is 1.10 bits per heavy atom. The van der Waals surface area contributed by atoms with Gasteiger partial charge in [-0.2, -0.15) is 0 Å². The molecule has 5 heterocycles. The Hall–Kier alpha value is -3.57. The van der Waals surface area contributed by atoms with Crippen LogP contribution in [0, 0.1) is 17.8 Å². The zero-order chi connectivity index (χ0) is 29.6. The van der Waals surface area contributed by atoms with E-state index in [1.165, 1.54) is 4.90 Å². The van der Waals surface area contributed by atoms with Crippen LogP contribution in [0.4, 0.5) is 0 Å². The number of esters is 1. The lowest BCUT2D eigenvalue weighted by Crippen LogP contribution is -2.60. The number of nitrogens with zero attached hydrogens (tertiary/aromatic N) is 5. The average Bonchev–Trinajstić information content (AvgIpc) is 3.59. The lowest BCUT2D eigenvalue weighted by Gasteiger charge is -2.42. The minimum Gasteiger partial charge on any atom is -0.465 e. The molecule has 224 valence electrons. The first kappa shape index (κ1) is 28.5. The maximum absolute atomic E-state index is 14.7. The molecule has 1 N–H and O–H groups in total. The smallest absolute Gasteiger partial charge is 0.313 e. The van der Waals surface area contributed by atoms with Crippen molar-refractivity contribution < 1.29 is 29.0 Å². The number of amides is 2.